The van der Waals surface area contributed by atoms with E-state index in [1.165, 1.54) is 6.92 Å². The van der Waals surface area contributed by atoms with Crippen LogP contribution in [0.3, 0.4) is 0 Å². The maximum atomic E-state index is 11.5. The van der Waals surface area contributed by atoms with E-state index in [4.69, 9.17) is 16.7 Å². The highest BCUT2D eigenvalue weighted by molar-refractivity contribution is 6.31. The zero-order valence-electron chi connectivity index (χ0n) is 9.57. The van der Waals surface area contributed by atoms with Crippen molar-refractivity contribution in [2.45, 2.75) is 13.3 Å². The quantitative estimate of drug-likeness (QED) is 0.662. The lowest BCUT2D eigenvalue weighted by Crippen LogP contribution is -2.39. The molecule has 0 saturated heterocycles. The van der Waals surface area contributed by atoms with Gasteiger partial charge in [0.25, 0.3) is 0 Å². The summed E-state index contributed by atoms with van der Waals surface area (Å²) in [4.78, 5) is 22.7. The molecule has 0 aliphatic rings. The summed E-state index contributed by atoms with van der Waals surface area (Å²) < 4.78 is 4.53. The van der Waals surface area contributed by atoms with Crippen LogP contribution in [0.5, 0.6) is 0 Å². The number of carboxylic acid groups (broad SMARTS) is 1. The minimum absolute atomic E-state index is 0.00528. The number of aliphatic carboxylic acids is 1. The van der Waals surface area contributed by atoms with Gasteiger partial charge >= 0.3 is 11.9 Å². The number of hydrogen-bond donors (Lipinski definition) is 1. The van der Waals surface area contributed by atoms with Gasteiger partial charge in [0.05, 0.1) is 7.11 Å². The SMILES string of the molecule is COC(=O)C(C)(Cc1ccccc1Cl)C(=O)O. The molecule has 0 radical (unpaired) electrons. The van der Waals surface area contributed by atoms with Crippen LogP contribution in [0.2, 0.25) is 5.02 Å². The second-order valence-electron chi connectivity index (χ2n) is 3.90. The molecule has 0 bridgehead atoms. The molecule has 0 spiro atoms. The summed E-state index contributed by atoms with van der Waals surface area (Å²) in [5.41, 5.74) is -1.02. The average Bonchev–Trinajstić information content (AvgIpc) is 2.30. The van der Waals surface area contributed by atoms with Crippen LogP contribution in [0.25, 0.3) is 0 Å². The Labute approximate surface area is 104 Å². The van der Waals surface area contributed by atoms with Crippen LogP contribution in [0.1, 0.15) is 12.5 Å². The van der Waals surface area contributed by atoms with Gasteiger partial charge in [-0.15, -0.1) is 0 Å². The third-order valence-corrected chi connectivity index (χ3v) is 2.98. The Morgan fingerprint density at radius 1 is 1.41 bits per heavy atom. The molecule has 0 amide bonds. The van der Waals surface area contributed by atoms with Crippen LogP contribution in [0, 0.1) is 5.41 Å². The smallest absolute Gasteiger partial charge is 0.323 e. The van der Waals surface area contributed by atoms with Crippen LogP contribution >= 0.6 is 11.6 Å². The molecular formula is C12H13ClO4. The standard InChI is InChI=1S/C12H13ClO4/c1-12(10(14)15,11(16)17-2)7-8-5-3-4-6-9(8)13/h3-6H,7H2,1-2H3,(H,14,15). The van der Waals surface area contributed by atoms with Gasteiger partial charge < -0.3 is 9.84 Å². The van der Waals surface area contributed by atoms with Crippen LogP contribution < -0.4 is 0 Å². The van der Waals surface area contributed by atoms with Gasteiger partial charge in [-0.05, 0) is 18.6 Å². The lowest BCUT2D eigenvalue weighted by atomic mass is 9.83. The summed E-state index contributed by atoms with van der Waals surface area (Å²) in [6.07, 6.45) is -0.00528. The van der Waals surface area contributed by atoms with Crippen molar-refractivity contribution in [1.82, 2.24) is 0 Å². The number of hydrogen-bond acceptors (Lipinski definition) is 3. The Balaban J connectivity index is 3.08. The molecule has 1 unspecified atom stereocenters. The van der Waals surface area contributed by atoms with Crippen molar-refractivity contribution in [3.8, 4) is 0 Å². The number of carboxylic acids is 1. The van der Waals surface area contributed by atoms with E-state index in [1.54, 1.807) is 24.3 Å². The fourth-order valence-electron chi connectivity index (χ4n) is 1.48. The first-order valence-electron chi connectivity index (χ1n) is 4.97. The van der Waals surface area contributed by atoms with Crippen molar-refractivity contribution in [1.29, 1.82) is 0 Å². The van der Waals surface area contributed by atoms with E-state index in [-0.39, 0.29) is 6.42 Å². The molecule has 1 aromatic rings. The van der Waals surface area contributed by atoms with Gasteiger partial charge in [-0.2, -0.15) is 0 Å². The number of halogens is 1. The van der Waals surface area contributed by atoms with Gasteiger partial charge in [-0.3, -0.25) is 9.59 Å². The lowest BCUT2D eigenvalue weighted by molar-refractivity contribution is -0.165. The average molecular weight is 257 g/mol. The largest absolute Gasteiger partial charge is 0.480 e. The monoisotopic (exact) mass is 256 g/mol. The molecule has 1 rings (SSSR count). The predicted octanol–water partition coefficient (Wildman–Crippen LogP) is 2.15. The van der Waals surface area contributed by atoms with E-state index in [0.29, 0.717) is 10.6 Å². The minimum atomic E-state index is -1.63. The second-order valence-corrected chi connectivity index (χ2v) is 4.30. The highest BCUT2D eigenvalue weighted by Crippen LogP contribution is 2.28. The molecule has 92 valence electrons. The van der Waals surface area contributed by atoms with Gasteiger partial charge in [0.1, 0.15) is 0 Å². The zero-order chi connectivity index (χ0) is 13.1. The van der Waals surface area contributed by atoms with E-state index in [2.05, 4.69) is 4.74 Å². The van der Waals surface area contributed by atoms with Gasteiger partial charge in [0.2, 0.25) is 0 Å². The highest BCUT2D eigenvalue weighted by Gasteiger charge is 2.43. The molecule has 1 atom stereocenters. The number of benzene rings is 1. The van der Waals surface area contributed by atoms with Crippen molar-refractivity contribution >= 4 is 23.5 Å². The maximum Gasteiger partial charge on any atom is 0.323 e. The van der Waals surface area contributed by atoms with Crippen LogP contribution in [0.15, 0.2) is 24.3 Å². The van der Waals surface area contributed by atoms with E-state index < -0.39 is 17.4 Å². The first-order valence-corrected chi connectivity index (χ1v) is 5.35. The number of carbonyl (C=O) groups is 2. The van der Waals surface area contributed by atoms with Gasteiger partial charge in [0.15, 0.2) is 5.41 Å². The number of methoxy groups -OCH3 is 1. The number of carbonyl (C=O) groups excluding carboxylic acids is 1. The normalized spacial score (nSPS) is 13.8. The topological polar surface area (TPSA) is 63.6 Å². The molecule has 0 fully saturated rings. The Bertz CT molecular complexity index is 444. The molecule has 17 heavy (non-hydrogen) atoms. The van der Waals surface area contributed by atoms with Crippen LogP contribution in [-0.4, -0.2) is 24.2 Å². The van der Waals surface area contributed by atoms with Gasteiger partial charge in [-0.25, -0.2) is 0 Å². The first kappa shape index (κ1) is 13.5. The van der Waals surface area contributed by atoms with E-state index >= 15 is 0 Å². The molecule has 1 N–H and O–H groups in total. The number of rotatable bonds is 4. The fourth-order valence-corrected chi connectivity index (χ4v) is 1.69. The summed E-state index contributed by atoms with van der Waals surface area (Å²) in [6, 6.07) is 6.81. The molecular weight excluding hydrogens is 244 g/mol. The zero-order valence-corrected chi connectivity index (χ0v) is 10.3. The lowest BCUT2D eigenvalue weighted by Gasteiger charge is -2.22. The van der Waals surface area contributed by atoms with Crippen molar-refractivity contribution in [2.24, 2.45) is 5.41 Å². The van der Waals surface area contributed by atoms with Gasteiger partial charge in [-0.1, -0.05) is 29.8 Å². The van der Waals surface area contributed by atoms with Crippen molar-refractivity contribution in [3.63, 3.8) is 0 Å². The molecule has 0 saturated carbocycles. The number of esters is 1. The Morgan fingerprint density at radius 3 is 2.47 bits per heavy atom. The van der Waals surface area contributed by atoms with E-state index in [9.17, 15) is 9.59 Å². The van der Waals surface area contributed by atoms with E-state index in [0.717, 1.165) is 7.11 Å². The number of ether oxygens (including phenoxy) is 1. The van der Waals surface area contributed by atoms with Crippen molar-refractivity contribution < 1.29 is 19.4 Å². The van der Waals surface area contributed by atoms with E-state index in [1.807, 2.05) is 0 Å². The Kier molecular flexibility index (Phi) is 4.12. The summed E-state index contributed by atoms with van der Waals surface area (Å²) in [7, 11) is 1.16. The second kappa shape index (κ2) is 5.19. The van der Waals surface area contributed by atoms with Crippen molar-refractivity contribution in [3.05, 3.63) is 34.9 Å². The summed E-state index contributed by atoms with van der Waals surface area (Å²) in [5.74, 6) is -2.02. The molecule has 4 nitrogen and oxygen atoms in total. The van der Waals surface area contributed by atoms with Crippen LogP contribution in [0.4, 0.5) is 0 Å². The molecule has 1 aromatic carbocycles. The first-order chi connectivity index (χ1) is 7.91. The highest BCUT2D eigenvalue weighted by atomic mass is 35.5. The summed E-state index contributed by atoms with van der Waals surface area (Å²) in [5, 5.41) is 9.58. The molecule has 0 aromatic heterocycles. The minimum Gasteiger partial charge on any atom is -0.480 e. The summed E-state index contributed by atoms with van der Waals surface area (Å²) >= 11 is 5.94. The molecule has 0 heterocycles. The molecule has 0 aliphatic carbocycles. The third-order valence-electron chi connectivity index (χ3n) is 2.61. The Hall–Kier alpha value is -1.55. The fraction of sp³-hybridized carbons (Fsp3) is 0.333. The summed E-state index contributed by atoms with van der Waals surface area (Å²) in [6.45, 7) is 1.32. The molecule has 5 heteroatoms. The van der Waals surface area contributed by atoms with Gasteiger partial charge in [0, 0.05) is 11.4 Å². The molecule has 0 aliphatic heterocycles. The Morgan fingerprint density at radius 2 is 2.00 bits per heavy atom. The van der Waals surface area contributed by atoms with Crippen molar-refractivity contribution in [2.75, 3.05) is 7.11 Å². The van der Waals surface area contributed by atoms with Crippen LogP contribution in [-0.2, 0) is 20.7 Å². The maximum absolute atomic E-state index is 11.5. The third kappa shape index (κ3) is 2.77. The predicted molar refractivity (Wildman–Crippen MR) is 62.9 cm³/mol.